The van der Waals surface area contributed by atoms with Crippen LogP contribution in [0.2, 0.25) is 0 Å². The highest BCUT2D eigenvalue weighted by Crippen LogP contribution is 2.33. The number of carbonyl (C=O) groups is 1. The molecule has 1 aromatic heterocycles. The van der Waals surface area contributed by atoms with E-state index in [0.29, 0.717) is 31.6 Å². The number of hydrogen-bond donors (Lipinski definition) is 1. The first-order valence-corrected chi connectivity index (χ1v) is 8.61. The van der Waals surface area contributed by atoms with Crippen molar-refractivity contribution in [2.24, 2.45) is 0 Å². The summed E-state index contributed by atoms with van der Waals surface area (Å²) in [6.07, 6.45) is 3.54. The molecule has 1 fully saturated rings. The predicted octanol–water partition coefficient (Wildman–Crippen LogP) is 3.09. The summed E-state index contributed by atoms with van der Waals surface area (Å²) in [6, 6.07) is 15.5. The number of pyridine rings is 1. The van der Waals surface area contributed by atoms with Gasteiger partial charge in [0.05, 0.1) is 11.6 Å². The van der Waals surface area contributed by atoms with E-state index in [1.54, 1.807) is 6.20 Å². The maximum absolute atomic E-state index is 12.9. The number of nitrogens with zero attached hydrogens (tertiary/aromatic N) is 2. The van der Waals surface area contributed by atoms with Gasteiger partial charge < -0.3 is 10.0 Å². The van der Waals surface area contributed by atoms with Gasteiger partial charge in [0.15, 0.2) is 0 Å². The average Bonchev–Trinajstić information content (AvgIpc) is 2.64. The van der Waals surface area contributed by atoms with Crippen molar-refractivity contribution < 1.29 is 9.90 Å². The summed E-state index contributed by atoms with van der Waals surface area (Å²) in [5.41, 5.74) is 0.842. The SMILES string of the molecule is CC[C@@H](C(=O)N1CCC(O)(c2ccccn2)CC1)c1ccccc1. The predicted molar refractivity (Wildman–Crippen MR) is 93.4 cm³/mol. The van der Waals surface area contributed by atoms with Gasteiger partial charge in [-0.1, -0.05) is 43.3 Å². The highest BCUT2D eigenvalue weighted by atomic mass is 16.3. The van der Waals surface area contributed by atoms with Gasteiger partial charge in [-0.15, -0.1) is 0 Å². The van der Waals surface area contributed by atoms with E-state index < -0.39 is 5.60 Å². The van der Waals surface area contributed by atoms with Crippen molar-refractivity contribution in [2.75, 3.05) is 13.1 Å². The molecular weight excluding hydrogens is 300 g/mol. The number of piperidine rings is 1. The van der Waals surface area contributed by atoms with Gasteiger partial charge in [-0.25, -0.2) is 0 Å². The van der Waals surface area contributed by atoms with Crippen LogP contribution < -0.4 is 0 Å². The van der Waals surface area contributed by atoms with Gasteiger partial charge in [-0.05, 0) is 37.0 Å². The Kier molecular flexibility index (Phi) is 4.95. The standard InChI is InChI=1S/C20H24N2O2/c1-2-17(16-8-4-3-5-9-16)19(23)22-14-11-20(24,12-15-22)18-10-6-7-13-21-18/h3-10,13,17,24H,2,11-12,14-15H2,1H3/t17-/m1/s1. The lowest BCUT2D eigenvalue weighted by atomic mass is 9.86. The van der Waals surface area contributed by atoms with Gasteiger partial charge in [-0.3, -0.25) is 9.78 Å². The summed E-state index contributed by atoms with van der Waals surface area (Å²) in [4.78, 5) is 19.1. The quantitative estimate of drug-likeness (QED) is 0.940. The van der Waals surface area contributed by atoms with E-state index in [1.165, 1.54) is 0 Å². The van der Waals surface area contributed by atoms with E-state index >= 15 is 0 Å². The number of likely N-dealkylation sites (tertiary alicyclic amines) is 1. The Bertz CT molecular complexity index is 665. The molecule has 0 bridgehead atoms. The van der Waals surface area contributed by atoms with Crippen LogP contribution >= 0.6 is 0 Å². The summed E-state index contributed by atoms with van der Waals surface area (Å²) in [6.45, 7) is 3.17. The van der Waals surface area contributed by atoms with Crippen LogP contribution in [-0.2, 0) is 10.4 Å². The number of carbonyl (C=O) groups excluding carboxylic acids is 1. The lowest BCUT2D eigenvalue weighted by Gasteiger charge is -2.39. The Morgan fingerprint density at radius 3 is 2.42 bits per heavy atom. The molecule has 0 saturated carbocycles. The van der Waals surface area contributed by atoms with Crippen molar-refractivity contribution in [1.29, 1.82) is 0 Å². The number of rotatable bonds is 4. The minimum absolute atomic E-state index is 0.104. The third-order valence-corrected chi connectivity index (χ3v) is 4.95. The molecule has 1 saturated heterocycles. The number of aliphatic hydroxyl groups is 1. The molecule has 1 aliphatic rings. The maximum Gasteiger partial charge on any atom is 0.230 e. The topological polar surface area (TPSA) is 53.4 Å². The van der Waals surface area contributed by atoms with E-state index in [-0.39, 0.29) is 11.8 Å². The van der Waals surface area contributed by atoms with Crippen LogP contribution in [0.5, 0.6) is 0 Å². The van der Waals surface area contributed by atoms with E-state index in [4.69, 9.17) is 0 Å². The maximum atomic E-state index is 12.9. The second-order valence-corrected chi connectivity index (χ2v) is 6.44. The first-order valence-electron chi connectivity index (χ1n) is 8.61. The summed E-state index contributed by atoms with van der Waals surface area (Å²) in [5, 5.41) is 10.9. The number of benzene rings is 1. The van der Waals surface area contributed by atoms with Gasteiger partial charge in [0, 0.05) is 19.3 Å². The van der Waals surface area contributed by atoms with Gasteiger partial charge in [-0.2, -0.15) is 0 Å². The Balaban J connectivity index is 1.69. The fourth-order valence-electron chi connectivity index (χ4n) is 3.45. The fraction of sp³-hybridized carbons (Fsp3) is 0.400. The molecule has 2 heterocycles. The van der Waals surface area contributed by atoms with Crippen LogP contribution in [0.3, 0.4) is 0 Å². The van der Waals surface area contributed by atoms with Crippen LogP contribution in [0, 0.1) is 0 Å². The zero-order valence-electron chi connectivity index (χ0n) is 14.1. The second-order valence-electron chi connectivity index (χ2n) is 6.44. The van der Waals surface area contributed by atoms with Crippen LogP contribution in [0.15, 0.2) is 54.7 Å². The third-order valence-electron chi connectivity index (χ3n) is 4.95. The molecule has 1 N–H and O–H groups in total. The van der Waals surface area contributed by atoms with E-state index in [1.807, 2.05) is 60.4 Å². The molecule has 1 amide bonds. The van der Waals surface area contributed by atoms with Crippen molar-refractivity contribution in [3.63, 3.8) is 0 Å². The van der Waals surface area contributed by atoms with Crippen LogP contribution in [0.25, 0.3) is 0 Å². The molecule has 24 heavy (non-hydrogen) atoms. The Morgan fingerprint density at radius 2 is 1.83 bits per heavy atom. The second kappa shape index (κ2) is 7.14. The number of aromatic nitrogens is 1. The fourth-order valence-corrected chi connectivity index (χ4v) is 3.45. The first kappa shape index (κ1) is 16.7. The Labute approximate surface area is 143 Å². The molecule has 0 aliphatic carbocycles. The minimum atomic E-state index is -0.924. The van der Waals surface area contributed by atoms with Crippen LogP contribution in [0.4, 0.5) is 0 Å². The van der Waals surface area contributed by atoms with Crippen molar-refractivity contribution in [3.8, 4) is 0 Å². The van der Waals surface area contributed by atoms with Gasteiger partial charge in [0.1, 0.15) is 5.60 Å². The molecule has 4 heteroatoms. The van der Waals surface area contributed by atoms with Gasteiger partial charge in [0.25, 0.3) is 0 Å². The smallest absolute Gasteiger partial charge is 0.230 e. The van der Waals surface area contributed by atoms with E-state index in [9.17, 15) is 9.90 Å². The lowest BCUT2D eigenvalue weighted by Crippen LogP contribution is -2.46. The number of hydrogen-bond acceptors (Lipinski definition) is 3. The molecule has 0 unspecified atom stereocenters. The van der Waals surface area contributed by atoms with Crippen molar-refractivity contribution >= 4 is 5.91 Å². The molecule has 4 nitrogen and oxygen atoms in total. The highest BCUT2D eigenvalue weighted by Gasteiger charge is 2.37. The highest BCUT2D eigenvalue weighted by molar-refractivity contribution is 5.83. The number of amides is 1. The molecule has 0 spiro atoms. The molecular formula is C20H24N2O2. The molecule has 126 valence electrons. The van der Waals surface area contributed by atoms with Crippen molar-refractivity contribution in [2.45, 2.75) is 37.7 Å². The molecule has 1 aromatic carbocycles. The Morgan fingerprint density at radius 1 is 1.17 bits per heavy atom. The van der Waals surface area contributed by atoms with E-state index in [0.717, 1.165) is 12.0 Å². The van der Waals surface area contributed by atoms with Crippen LogP contribution in [-0.4, -0.2) is 34.0 Å². The van der Waals surface area contributed by atoms with Gasteiger partial charge >= 0.3 is 0 Å². The normalized spacial score (nSPS) is 18.2. The monoisotopic (exact) mass is 324 g/mol. The largest absolute Gasteiger partial charge is 0.383 e. The van der Waals surface area contributed by atoms with Crippen LogP contribution in [0.1, 0.15) is 43.4 Å². The molecule has 1 atom stereocenters. The summed E-state index contributed by atoms with van der Waals surface area (Å²) < 4.78 is 0. The average molecular weight is 324 g/mol. The van der Waals surface area contributed by atoms with Crippen molar-refractivity contribution in [3.05, 3.63) is 66.0 Å². The summed E-state index contributed by atoms with van der Waals surface area (Å²) in [7, 11) is 0. The zero-order valence-corrected chi connectivity index (χ0v) is 14.1. The van der Waals surface area contributed by atoms with Crippen molar-refractivity contribution in [1.82, 2.24) is 9.88 Å². The zero-order chi connectivity index (χ0) is 17.0. The van der Waals surface area contributed by atoms with E-state index in [2.05, 4.69) is 4.98 Å². The summed E-state index contributed by atoms with van der Waals surface area (Å²) in [5.74, 6) is 0.0546. The molecule has 3 rings (SSSR count). The van der Waals surface area contributed by atoms with Gasteiger partial charge in [0.2, 0.25) is 5.91 Å². The third kappa shape index (κ3) is 3.34. The Hall–Kier alpha value is -2.20. The molecule has 1 aliphatic heterocycles. The first-order chi connectivity index (χ1) is 11.6. The molecule has 0 radical (unpaired) electrons. The lowest BCUT2D eigenvalue weighted by molar-refractivity contribution is -0.137. The summed E-state index contributed by atoms with van der Waals surface area (Å²) >= 11 is 0. The minimum Gasteiger partial charge on any atom is -0.383 e. The molecule has 2 aromatic rings.